The van der Waals surface area contributed by atoms with E-state index in [4.69, 9.17) is 9.47 Å². The molecule has 0 fully saturated rings. The second-order valence-corrected chi connectivity index (χ2v) is 8.69. The molecule has 2 aromatic rings. The van der Waals surface area contributed by atoms with Crippen molar-refractivity contribution in [3.63, 3.8) is 0 Å². The predicted octanol–water partition coefficient (Wildman–Crippen LogP) is 2.65. The lowest BCUT2D eigenvalue weighted by atomic mass is 10.1. The molecule has 0 unspecified atom stereocenters. The third kappa shape index (κ3) is 4.81. The van der Waals surface area contributed by atoms with Gasteiger partial charge in [0.05, 0.1) is 18.6 Å². The van der Waals surface area contributed by atoms with Crippen LogP contribution in [0.4, 0.5) is 0 Å². The average molecular weight is 409 g/mol. The second-order valence-electron chi connectivity index (χ2n) is 6.64. The molecule has 0 spiro atoms. The normalized spacial score (nSPS) is 11.8. The Balaban J connectivity index is 2.16. The Kier molecular flexibility index (Phi) is 7.40. The molecule has 28 heavy (non-hydrogen) atoms. The standard InChI is InChI=1S/C20H28N2O5S/c1-15-13-19(16(2)22(15)11-6-12-26-4)20(23)14-21(3)28(24,25)18-9-7-17(27-5)8-10-18/h7-10,13H,6,11-12,14H2,1-5H3. The number of aromatic nitrogens is 1. The molecule has 2 rings (SSSR count). The molecule has 0 bridgehead atoms. The molecular weight excluding hydrogens is 380 g/mol. The van der Waals surface area contributed by atoms with Gasteiger partial charge in [-0.2, -0.15) is 4.31 Å². The summed E-state index contributed by atoms with van der Waals surface area (Å²) >= 11 is 0. The highest BCUT2D eigenvalue weighted by Crippen LogP contribution is 2.21. The fourth-order valence-electron chi connectivity index (χ4n) is 3.09. The first kappa shape index (κ1) is 22.1. The third-order valence-electron chi connectivity index (χ3n) is 4.74. The number of nitrogens with zero attached hydrogens (tertiary/aromatic N) is 2. The highest BCUT2D eigenvalue weighted by molar-refractivity contribution is 7.89. The van der Waals surface area contributed by atoms with E-state index in [-0.39, 0.29) is 17.2 Å². The highest BCUT2D eigenvalue weighted by atomic mass is 32.2. The molecule has 0 aliphatic carbocycles. The lowest BCUT2D eigenvalue weighted by Gasteiger charge is -2.17. The van der Waals surface area contributed by atoms with Gasteiger partial charge in [-0.3, -0.25) is 4.79 Å². The van der Waals surface area contributed by atoms with Crippen molar-refractivity contribution < 1.29 is 22.7 Å². The minimum Gasteiger partial charge on any atom is -0.497 e. The molecule has 0 saturated carbocycles. The van der Waals surface area contributed by atoms with Crippen molar-refractivity contribution in [2.45, 2.75) is 31.7 Å². The van der Waals surface area contributed by atoms with Crippen molar-refractivity contribution in [2.24, 2.45) is 0 Å². The first-order valence-corrected chi connectivity index (χ1v) is 10.5. The van der Waals surface area contributed by atoms with Gasteiger partial charge < -0.3 is 14.0 Å². The van der Waals surface area contributed by atoms with Crippen molar-refractivity contribution in [3.05, 3.63) is 47.3 Å². The molecule has 0 atom stereocenters. The summed E-state index contributed by atoms with van der Waals surface area (Å²) in [5, 5.41) is 0. The van der Waals surface area contributed by atoms with E-state index in [2.05, 4.69) is 4.57 Å². The summed E-state index contributed by atoms with van der Waals surface area (Å²) < 4.78 is 38.8. The summed E-state index contributed by atoms with van der Waals surface area (Å²) in [6, 6.07) is 7.91. The minimum atomic E-state index is -3.77. The number of carbonyl (C=O) groups excluding carboxylic acids is 1. The number of ketones is 1. The Hall–Kier alpha value is -2.16. The topological polar surface area (TPSA) is 77.8 Å². The van der Waals surface area contributed by atoms with E-state index in [0.717, 1.165) is 28.7 Å². The van der Waals surface area contributed by atoms with E-state index in [0.29, 0.717) is 17.9 Å². The first-order valence-electron chi connectivity index (χ1n) is 9.01. The van der Waals surface area contributed by atoms with Gasteiger partial charge in [0.25, 0.3) is 0 Å². The van der Waals surface area contributed by atoms with Crippen molar-refractivity contribution in [2.75, 3.05) is 34.4 Å². The number of sulfonamides is 1. The summed E-state index contributed by atoms with van der Waals surface area (Å²) in [5.41, 5.74) is 2.36. The number of Topliss-reactive ketones (excluding diaryl/α,β-unsaturated/α-hetero) is 1. The monoisotopic (exact) mass is 408 g/mol. The zero-order valence-electron chi connectivity index (χ0n) is 17.1. The van der Waals surface area contributed by atoms with Crippen LogP contribution >= 0.6 is 0 Å². The van der Waals surface area contributed by atoms with Crippen LogP contribution in [0.2, 0.25) is 0 Å². The summed E-state index contributed by atoms with van der Waals surface area (Å²) in [4.78, 5) is 12.9. The predicted molar refractivity (Wildman–Crippen MR) is 108 cm³/mol. The SMILES string of the molecule is COCCCn1c(C)cc(C(=O)CN(C)S(=O)(=O)c2ccc(OC)cc2)c1C. The first-order chi connectivity index (χ1) is 13.2. The van der Waals surface area contributed by atoms with Gasteiger partial charge in [-0.15, -0.1) is 0 Å². The van der Waals surface area contributed by atoms with Gasteiger partial charge in [-0.05, 0) is 50.6 Å². The van der Waals surface area contributed by atoms with Gasteiger partial charge in [0.2, 0.25) is 10.0 Å². The molecular formula is C20H28N2O5S. The van der Waals surface area contributed by atoms with Crippen LogP contribution in [0.15, 0.2) is 35.2 Å². The highest BCUT2D eigenvalue weighted by Gasteiger charge is 2.25. The Bertz CT molecular complexity index is 917. The van der Waals surface area contributed by atoms with E-state index in [9.17, 15) is 13.2 Å². The lowest BCUT2D eigenvalue weighted by molar-refractivity contribution is 0.0972. The number of hydrogen-bond acceptors (Lipinski definition) is 5. The molecule has 8 heteroatoms. The maximum Gasteiger partial charge on any atom is 0.243 e. The van der Waals surface area contributed by atoms with Gasteiger partial charge in [-0.1, -0.05) is 0 Å². The maximum atomic E-state index is 12.8. The van der Waals surface area contributed by atoms with E-state index in [1.807, 2.05) is 19.9 Å². The van der Waals surface area contributed by atoms with Crippen LogP contribution in [0.25, 0.3) is 0 Å². The number of hydrogen-bond donors (Lipinski definition) is 0. The zero-order valence-corrected chi connectivity index (χ0v) is 17.9. The number of aryl methyl sites for hydroxylation is 1. The molecule has 0 radical (unpaired) electrons. The fourth-order valence-corrected chi connectivity index (χ4v) is 4.22. The number of rotatable bonds is 10. The smallest absolute Gasteiger partial charge is 0.243 e. The Morgan fingerprint density at radius 3 is 2.36 bits per heavy atom. The van der Waals surface area contributed by atoms with Crippen LogP contribution in [-0.2, 0) is 21.3 Å². The molecule has 0 aliphatic rings. The Morgan fingerprint density at radius 2 is 1.79 bits per heavy atom. The summed E-state index contributed by atoms with van der Waals surface area (Å²) in [6.07, 6.45) is 0.840. The number of ether oxygens (including phenoxy) is 2. The van der Waals surface area contributed by atoms with E-state index in [1.54, 1.807) is 19.2 Å². The van der Waals surface area contributed by atoms with Crippen molar-refractivity contribution >= 4 is 15.8 Å². The van der Waals surface area contributed by atoms with Gasteiger partial charge in [-0.25, -0.2) is 8.42 Å². The van der Waals surface area contributed by atoms with Gasteiger partial charge in [0, 0.05) is 44.3 Å². The van der Waals surface area contributed by atoms with E-state index in [1.165, 1.54) is 26.3 Å². The van der Waals surface area contributed by atoms with Gasteiger partial charge in [0.15, 0.2) is 5.78 Å². The van der Waals surface area contributed by atoms with Crippen LogP contribution in [0.1, 0.15) is 28.2 Å². The van der Waals surface area contributed by atoms with Crippen LogP contribution in [0, 0.1) is 13.8 Å². The summed E-state index contributed by atoms with van der Waals surface area (Å²) in [7, 11) is 0.815. The quantitative estimate of drug-likeness (QED) is 0.446. The number of carbonyl (C=O) groups is 1. The van der Waals surface area contributed by atoms with E-state index < -0.39 is 10.0 Å². The molecule has 0 saturated heterocycles. The average Bonchev–Trinajstić information content (AvgIpc) is 2.96. The Labute approximate surface area is 166 Å². The molecule has 1 heterocycles. The zero-order chi connectivity index (χ0) is 20.9. The number of likely N-dealkylation sites (N-methyl/N-ethyl adjacent to an activating group) is 1. The molecule has 7 nitrogen and oxygen atoms in total. The summed E-state index contributed by atoms with van der Waals surface area (Å²) in [6.45, 7) is 4.98. The van der Waals surface area contributed by atoms with Crippen LogP contribution in [0.5, 0.6) is 5.75 Å². The van der Waals surface area contributed by atoms with Crippen LogP contribution in [-0.4, -0.2) is 57.5 Å². The van der Waals surface area contributed by atoms with E-state index >= 15 is 0 Å². The number of methoxy groups -OCH3 is 2. The van der Waals surface area contributed by atoms with Crippen molar-refractivity contribution in [1.82, 2.24) is 8.87 Å². The number of benzene rings is 1. The lowest BCUT2D eigenvalue weighted by Crippen LogP contribution is -2.32. The van der Waals surface area contributed by atoms with Crippen molar-refractivity contribution in [3.8, 4) is 5.75 Å². The van der Waals surface area contributed by atoms with Crippen LogP contribution in [0.3, 0.4) is 0 Å². The third-order valence-corrected chi connectivity index (χ3v) is 6.56. The molecule has 0 N–H and O–H groups in total. The molecule has 0 amide bonds. The van der Waals surface area contributed by atoms with Crippen LogP contribution < -0.4 is 4.74 Å². The van der Waals surface area contributed by atoms with Gasteiger partial charge >= 0.3 is 0 Å². The molecule has 154 valence electrons. The minimum absolute atomic E-state index is 0.119. The maximum absolute atomic E-state index is 12.8. The fraction of sp³-hybridized carbons (Fsp3) is 0.450. The van der Waals surface area contributed by atoms with Crippen molar-refractivity contribution in [1.29, 1.82) is 0 Å². The molecule has 0 aliphatic heterocycles. The Morgan fingerprint density at radius 1 is 1.14 bits per heavy atom. The second kappa shape index (κ2) is 9.36. The summed E-state index contributed by atoms with van der Waals surface area (Å²) in [5.74, 6) is 0.337. The molecule has 1 aromatic heterocycles. The largest absolute Gasteiger partial charge is 0.497 e. The van der Waals surface area contributed by atoms with Gasteiger partial charge in [0.1, 0.15) is 5.75 Å². The molecule has 1 aromatic carbocycles.